The van der Waals surface area contributed by atoms with Gasteiger partial charge in [0.05, 0.1) is 11.0 Å². The molecule has 0 amide bonds. The van der Waals surface area contributed by atoms with Crippen molar-refractivity contribution in [2.75, 3.05) is 0 Å². The molecule has 0 fully saturated rings. The Morgan fingerprint density at radius 2 is 1.82 bits per heavy atom. The van der Waals surface area contributed by atoms with Gasteiger partial charge < -0.3 is 5.11 Å². The molecule has 0 aliphatic heterocycles. The maximum Gasteiger partial charge on any atom is 0.199 e. The molecule has 0 aliphatic carbocycles. The summed E-state index contributed by atoms with van der Waals surface area (Å²) in [7, 11) is -3.37. The van der Waals surface area contributed by atoms with Gasteiger partial charge in [0.2, 0.25) is 0 Å². The average Bonchev–Trinajstić information content (AvgIpc) is 2.29. The average molecular weight is 254 g/mol. The van der Waals surface area contributed by atoms with Gasteiger partial charge in [0.15, 0.2) is 9.84 Å². The Morgan fingerprint density at radius 3 is 2.35 bits per heavy atom. The van der Waals surface area contributed by atoms with Crippen molar-refractivity contribution in [1.29, 1.82) is 0 Å². The topological polar surface area (TPSA) is 54.4 Å². The number of hydrogen-bond acceptors (Lipinski definition) is 3. The summed E-state index contributed by atoms with van der Waals surface area (Å²) in [5, 5.41) is 10.7. The van der Waals surface area contributed by atoms with Crippen molar-refractivity contribution in [2.45, 2.75) is 31.3 Å². The number of rotatable bonds is 5. The first kappa shape index (κ1) is 13.9. The fraction of sp³-hybridized carbons (Fsp3) is 0.385. The molecule has 1 rings (SSSR count). The van der Waals surface area contributed by atoms with Crippen LogP contribution in [0.25, 0.3) is 0 Å². The van der Waals surface area contributed by atoms with Gasteiger partial charge in [-0.25, -0.2) is 8.42 Å². The predicted molar refractivity (Wildman–Crippen MR) is 68.2 cm³/mol. The van der Waals surface area contributed by atoms with Crippen molar-refractivity contribution in [3.05, 3.63) is 41.8 Å². The van der Waals surface area contributed by atoms with E-state index in [1.165, 1.54) is 6.08 Å². The van der Waals surface area contributed by atoms with E-state index in [0.29, 0.717) is 6.42 Å². The summed E-state index contributed by atoms with van der Waals surface area (Å²) in [6, 6.07) is 8.25. The highest BCUT2D eigenvalue weighted by Gasteiger charge is 2.10. The maximum absolute atomic E-state index is 11.8. The zero-order chi connectivity index (χ0) is 12.9. The summed E-state index contributed by atoms with van der Waals surface area (Å²) >= 11 is 0. The molecule has 0 bridgehead atoms. The van der Waals surface area contributed by atoms with E-state index >= 15 is 0 Å². The third kappa shape index (κ3) is 4.32. The third-order valence-corrected chi connectivity index (χ3v) is 3.97. The number of benzene rings is 1. The molecule has 4 heteroatoms. The second-order valence-electron chi connectivity index (χ2n) is 4.28. The van der Waals surface area contributed by atoms with Crippen LogP contribution in [-0.4, -0.2) is 19.6 Å². The van der Waals surface area contributed by atoms with Crippen LogP contribution in [0.2, 0.25) is 0 Å². The Hall–Kier alpha value is -1.13. The van der Waals surface area contributed by atoms with Crippen LogP contribution in [0.1, 0.15) is 20.3 Å². The lowest BCUT2D eigenvalue weighted by Crippen LogP contribution is -2.13. The van der Waals surface area contributed by atoms with E-state index < -0.39 is 15.9 Å². The normalized spacial score (nSPS) is 14.4. The van der Waals surface area contributed by atoms with Crippen molar-refractivity contribution >= 4 is 9.84 Å². The zero-order valence-electron chi connectivity index (χ0n) is 10.1. The Kier molecular flexibility index (Phi) is 4.90. The van der Waals surface area contributed by atoms with Gasteiger partial charge in [0.1, 0.15) is 0 Å². The number of sulfone groups is 1. The van der Waals surface area contributed by atoms with Gasteiger partial charge in [0.25, 0.3) is 0 Å². The van der Waals surface area contributed by atoms with Gasteiger partial charge in [-0.2, -0.15) is 0 Å². The van der Waals surface area contributed by atoms with Gasteiger partial charge in [-0.3, -0.25) is 0 Å². The highest BCUT2D eigenvalue weighted by Crippen LogP contribution is 2.13. The number of hydrogen-bond donors (Lipinski definition) is 1. The Balaban J connectivity index is 2.72. The van der Waals surface area contributed by atoms with Crippen molar-refractivity contribution in [3.8, 4) is 0 Å². The molecule has 0 saturated heterocycles. The van der Waals surface area contributed by atoms with Crippen LogP contribution in [0.15, 0.2) is 46.7 Å². The van der Waals surface area contributed by atoms with Crippen molar-refractivity contribution in [2.24, 2.45) is 5.92 Å². The molecule has 1 aromatic rings. The molecule has 1 atom stereocenters. The largest absolute Gasteiger partial charge is 0.393 e. The first-order valence-corrected chi connectivity index (χ1v) is 7.13. The Bertz CT molecular complexity index is 461. The Morgan fingerprint density at radius 1 is 1.24 bits per heavy atom. The van der Waals surface area contributed by atoms with Crippen molar-refractivity contribution < 1.29 is 13.5 Å². The van der Waals surface area contributed by atoms with E-state index in [1.807, 2.05) is 13.8 Å². The zero-order valence-corrected chi connectivity index (χ0v) is 10.9. The monoisotopic (exact) mass is 254 g/mol. The maximum atomic E-state index is 11.8. The van der Waals surface area contributed by atoms with E-state index in [-0.39, 0.29) is 10.8 Å². The van der Waals surface area contributed by atoms with Crippen LogP contribution in [0.3, 0.4) is 0 Å². The molecule has 0 spiro atoms. The van der Waals surface area contributed by atoms with E-state index in [2.05, 4.69) is 0 Å². The third-order valence-electron chi connectivity index (χ3n) is 2.49. The summed E-state index contributed by atoms with van der Waals surface area (Å²) in [4.78, 5) is 0.273. The number of aliphatic hydroxyl groups is 1. The van der Waals surface area contributed by atoms with Crippen LogP contribution in [0.5, 0.6) is 0 Å². The minimum atomic E-state index is -3.37. The van der Waals surface area contributed by atoms with Crippen molar-refractivity contribution in [1.82, 2.24) is 0 Å². The van der Waals surface area contributed by atoms with E-state index in [1.54, 1.807) is 30.3 Å². The van der Waals surface area contributed by atoms with Crippen LogP contribution in [0, 0.1) is 5.92 Å². The minimum Gasteiger partial charge on any atom is -0.393 e. The summed E-state index contributed by atoms with van der Waals surface area (Å²) < 4.78 is 23.6. The molecule has 1 N–H and O–H groups in total. The second kappa shape index (κ2) is 5.98. The minimum absolute atomic E-state index is 0.124. The van der Waals surface area contributed by atoms with Crippen LogP contribution >= 0.6 is 0 Å². The summed E-state index contributed by atoms with van der Waals surface area (Å²) in [6.07, 6.45) is 1.36. The van der Waals surface area contributed by atoms with Gasteiger partial charge in [-0.15, -0.1) is 0 Å². The molecule has 0 radical (unpaired) electrons. The Labute approximate surface area is 103 Å². The van der Waals surface area contributed by atoms with Crippen LogP contribution in [-0.2, 0) is 9.84 Å². The van der Waals surface area contributed by atoms with Gasteiger partial charge in [-0.05, 0) is 24.5 Å². The molecule has 0 heterocycles. The summed E-state index contributed by atoms with van der Waals surface area (Å²) in [6.45, 7) is 3.79. The number of aliphatic hydroxyl groups excluding tert-OH is 1. The molecule has 1 unspecified atom stereocenters. The SMILES string of the molecule is CC(C)C(O)C/C=C/S(=O)(=O)c1ccccc1. The lowest BCUT2D eigenvalue weighted by atomic mass is 10.1. The van der Waals surface area contributed by atoms with Crippen LogP contribution in [0.4, 0.5) is 0 Å². The summed E-state index contributed by atoms with van der Waals surface area (Å²) in [5.74, 6) is 0.124. The molecule has 0 saturated carbocycles. The quantitative estimate of drug-likeness (QED) is 0.877. The molecule has 17 heavy (non-hydrogen) atoms. The second-order valence-corrected chi connectivity index (χ2v) is 6.11. The lowest BCUT2D eigenvalue weighted by molar-refractivity contribution is 0.128. The molecule has 1 aromatic carbocycles. The van der Waals surface area contributed by atoms with Crippen LogP contribution < -0.4 is 0 Å². The fourth-order valence-electron chi connectivity index (χ4n) is 1.28. The molecule has 0 aromatic heterocycles. The highest BCUT2D eigenvalue weighted by molar-refractivity contribution is 7.94. The summed E-state index contributed by atoms with van der Waals surface area (Å²) in [5.41, 5.74) is 0. The lowest BCUT2D eigenvalue weighted by Gasteiger charge is -2.10. The van der Waals surface area contributed by atoms with Crippen molar-refractivity contribution in [3.63, 3.8) is 0 Å². The van der Waals surface area contributed by atoms with Gasteiger partial charge in [-0.1, -0.05) is 38.1 Å². The first-order chi connectivity index (χ1) is 7.93. The van der Waals surface area contributed by atoms with Gasteiger partial charge in [0, 0.05) is 5.41 Å². The van der Waals surface area contributed by atoms with Gasteiger partial charge >= 0.3 is 0 Å². The molecule has 3 nitrogen and oxygen atoms in total. The molecule has 94 valence electrons. The first-order valence-electron chi connectivity index (χ1n) is 5.58. The predicted octanol–water partition coefficient (Wildman–Crippen LogP) is 2.38. The molecular formula is C13H18O3S. The van der Waals surface area contributed by atoms with E-state index in [4.69, 9.17) is 0 Å². The smallest absolute Gasteiger partial charge is 0.199 e. The van der Waals surface area contributed by atoms with E-state index in [0.717, 1.165) is 5.41 Å². The highest BCUT2D eigenvalue weighted by atomic mass is 32.2. The molecule has 0 aliphatic rings. The standard InChI is InChI=1S/C13H18O3S/c1-11(2)13(14)9-6-10-17(15,16)12-7-4-3-5-8-12/h3-8,10-11,13-14H,9H2,1-2H3/b10-6+. The molecular weight excluding hydrogens is 236 g/mol. The van der Waals surface area contributed by atoms with E-state index in [9.17, 15) is 13.5 Å². The fourth-order valence-corrected chi connectivity index (χ4v) is 2.34.